The van der Waals surface area contributed by atoms with Gasteiger partial charge in [-0.25, -0.2) is 0 Å². The van der Waals surface area contributed by atoms with E-state index in [0.29, 0.717) is 18.0 Å². The first-order valence-electron chi connectivity index (χ1n) is 6.76. The number of para-hydroxylation sites is 1. The van der Waals surface area contributed by atoms with E-state index in [-0.39, 0.29) is 0 Å². The molecule has 0 fully saturated rings. The topological polar surface area (TPSA) is 21.3 Å². The number of alkyl halides is 3. The third-order valence-electron chi connectivity index (χ3n) is 2.95. The fraction of sp³-hybridized carbons (Fsp3) is 0.176. The van der Waals surface area contributed by atoms with E-state index in [0.717, 1.165) is 17.7 Å². The van der Waals surface area contributed by atoms with Crippen LogP contribution < -0.4 is 10.1 Å². The molecular weight excluding hydrogens is 291 g/mol. The molecule has 0 spiro atoms. The number of nitrogens with one attached hydrogen (secondary N) is 1. The van der Waals surface area contributed by atoms with E-state index in [9.17, 15) is 13.2 Å². The van der Waals surface area contributed by atoms with Crippen molar-refractivity contribution in [2.24, 2.45) is 0 Å². The van der Waals surface area contributed by atoms with Gasteiger partial charge in [0.05, 0.1) is 5.56 Å². The molecule has 0 unspecified atom stereocenters. The average Bonchev–Trinajstić information content (AvgIpc) is 2.49. The van der Waals surface area contributed by atoms with E-state index in [4.69, 9.17) is 4.74 Å². The molecule has 0 atom stereocenters. The molecule has 22 heavy (non-hydrogen) atoms. The van der Waals surface area contributed by atoms with Crippen LogP contribution in [-0.2, 0) is 6.18 Å². The SMILES string of the molecule is CNCC=Cc1ccccc1Oc1ccc(C(F)(F)F)cc1. The molecule has 0 bridgehead atoms. The summed E-state index contributed by atoms with van der Waals surface area (Å²) in [6.45, 7) is 0.717. The van der Waals surface area contributed by atoms with Crippen LogP contribution in [0, 0.1) is 0 Å². The Morgan fingerprint density at radius 3 is 2.36 bits per heavy atom. The summed E-state index contributed by atoms with van der Waals surface area (Å²) in [7, 11) is 1.84. The summed E-state index contributed by atoms with van der Waals surface area (Å²) in [5, 5.41) is 2.99. The number of hydrogen-bond donors (Lipinski definition) is 1. The van der Waals surface area contributed by atoms with E-state index >= 15 is 0 Å². The van der Waals surface area contributed by atoms with Gasteiger partial charge in [-0.3, -0.25) is 0 Å². The van der Waals surface area contributed by atoms with Gasteiger partial charge >= 0.3 is 6.18 Å². The first kappa shape index (κ1) is 16.1. The van der Waals surface area contributed by atoms with Crippen molar-refractivity contribution in [1.82, 2.24) is 5.32 Å². The minimum Gasteiger partial charge on any atom is -0.457 e. The Kier molecular flexibility index (Phi) is 5.22. The maximum atomic E-state index is 12.5. The van der Waals surface area contributed by atoms with Crippen LogP contribution in [0.3, 0.4) is 0 Å². The number of halogens is 3. The molecule has 0 amide bonds. The largest absolute Gasteiger partial charge is 0.457 e. The molecule has 5 heteroatoms. The molecule has 2 nitrogen and oxygen atoms in total. The number of hydrogen-bond acceptors (Lipinski definition) is 2. The summed E-state index contributed by atoms with van der Waals surface area (Å²) in [4.78, 5) is 0. The van der Waals surface area contributed by atoms with E-state index in [1.165, 1.54) is 12.1 Å². The van der Waals surface area contributed by atoms with Crippen molar-refractivity contribution in [2.45, 2.75) is 6.18 Å². The Morgan fingerprint density at radius 1 is 1.05 bits per heavy atom. The Labute approximate surface area is 127 Å². The molecular formula is C17H16F3NO. The molecule has 0 aliphatic carbocycles. The number of ether oxygens (including phenoxy) is 1. The van der Waals surface area contributed by atoms with Crippen LogP contribution in [0.25, 0.3) is 6.08 Å². The first-order valence-corrected chi connectivity index (χ1v) is 6.76. The van der Waals surface area contributed by atoms with Gasteiger partial charge in [0.2, 0.25) is 0 Å². The minimum absolute atomic E-state index is 0.363. The van der Waals surface area contributed by atoms with Crippen molar-refractivity contribution in [3.8, 4) is 11.5 Å². The fourth-order valence-electron chi connectivity index (χ4n) is 1.85. The van der Waals surface area contributed by atoms with Gasteiger partial charge < -0.3 is 10.1 Å². The second kappa shape index (κ2) is 7.13. The predicted octanol–water partition coefficient (Wildman–Crippen LogP) is 4.73. The van der Waals surface area contributed by atoms with Gasteiger partial charge in [0.1, 0.15) is 11.5 Å². The second-order valence-corrected chi connectivity index (χ2v) is 4.62. The lowest BCUT2D eigenvalue weighted by Gasteiger charge is -2.10. The molecule has 116 valence electrons. The van der Waals surface area contributed by atoms with Crippen molar-refractivity contribution in [3.05, 3.63) is 65.7 Å². The lowest BCUT2D eigenvalue weighted by atomic mass is 10.2. The van der Waals surface area contributed by atoms with Crippen molar-refractivity contribution in [1.29, 1.82) is 0 Å². The van der Waals surface area contributed by atoms with Gasteiger partial charge in [-0.05, 0) is 37.4 Å². The van der Waals surface area contributed by atoms with Gasteiger partial charge in [0, 0.05) is 12.1 Å². The minimum atomic E-state index is -4.34. The van der Waals surface area contributed by atoms with Gasteiger partial charge in [-0.1, -0.05) is 30.4 Å². The van der Waals surface area contributed by atoms with E-state index in [2.05, 4.69) is 5.32 Å². The molecule has 0 heterocycles. The van der Waals surface area contributed by atoms with Crippen LogP contribution >= 0.6 is 0 Å². The smallest absolute Gasteiger partial charge is 0.416 e. The van der Waals surface area contributed by atoms with Gasteiger partial charge in [0.15, 0.2) is 0 Å². The molecule has 2 rings (SSSR count). The normalized spacial score (nSPS) is 11.8. The molecule has 0 saturated carbocycles. The van der Waals surface area contributed by atoms with Crippen molar-refractivity contribution < 1.29 is 17.9 Å². The third-order valence-corrected chi connectivity index (χ3v) is 2.95. The third kappa shape index (κ3) is 4.36. The summed E-state index contributed by atoms with van der Waals surface area (Å²) in [5.74, 6) is 0.956. The summed E-state index contributed by atoms with van der Waals surface area (Å²) in [6.07, 6.45) is -0.503. The fourth-order valence-corrected chi connectivity index (χ4v) is 1.85. The number of rotatable bonds is 5. The standard InChI is InChI=1S/C17H16F3NO/c1-21-12-4-6-13-5-2-3-7-16(13)22-15-10-8-14(9-11-15)17(18,19)20/h2-11,21H,12H2,1H3. The Bertz CT molecular complexity index is 633. The predicted molar refractivity (Wildman–Crippen MR) is 80.9 cm³/mol. The highest BCUT2D eigenvalue weighted by Gasteiger charge is 2.30. The van der Waals surface area contributed by atoms with Crippen LogP contribution in [-0.4, -0.2) is 13.6 Å². The highest BCUT2D eigenvalue weighted by molar-refractivity contribution is 5.58. The summed E-state index contributed by atoms with van der Waals surface area (Å²) < 4.78 is 43.3. The monoisotopic (exact) mass is 307 g/mol. The lowest BCUT2D eigenvalue weighted by molar-refractivity contribution is -0.137. The maximum absolute atomic E-state index is 12.5. The van der Waals surface area contributed by atoms with Crippen LogP contribution in [0.2, 0.25) is 0 Å². The average molecular weight is 307 g/mol. The molecule has 0 aromatic heterocycles. The zero-order valence-corrected chi connectivity index (χ0v) is 12.0. The van der Waals surface area contributed by atoms with Gasteiger partial charge in [0.25, 0.3) is 0 Å². The number of likely N-dealkylation sites (N-methyl/N-ethyl adjacent to an activating group) is 1. The van der Waals surface area contributed by atoms with Crippen molar-refractivity contribution >= 4 is 6.08 Å². The molecule has 0 aliphatic heterocycles. The molecule has 2 aromatic rings. The second-order valence-electron chi connectivity index (χ2n) is 4.62. The molecule has 0 radical (unpaired) electrons. The molecule has 0 saturated heterocycles. The quantitative estimate of drug-likeness (QED) is 0.862. The van der Waals surface area contributed by atoms with Crippen LogP contribution in [0.4, 0.5) is 13.2 Å². The molecule has 0 aliphatic rings. The van der Waals surface area contributed by atoms with E-state index < -0.39 is 11.7 Å². The van der Waals surface area contributed by atoms with Crippen LogP contribution in [0.15, 0.2) is 54.6 Å². The Balaban J connectivity index is 2.17. The number of benzene rings is 2. The zero-order valence-electron chi connectivity index (χ0n) is 12.0. The lowest BCUT2D eigenvalue weighted by Crippen LogP contribution is -2.04. The highest BCUT2D eigenvalue weighted by atomic mass is 19.4. The zero-order chi connectivity index (χ0) is 16.0. The Morgan fingerprint density at radius 2 is 1.73 bits per heavy atom. The van der Waals surface area contributed by atoms with Crippen molar-refractivity contribution in [2.75, 3.05) is 13.6 Å². The van der Waals surface area contributed by atoms with E-state index in [1.807, 2.05) is 37.4 Å². The first-order chi connectivity index (χ1) is 10.5. The van der Waals surface area contributed by atoms with Gasteiger partial charge in [-0.2, -0.15) is 13.2 Å². The van der Waals surface area contributed by atoms with Crippen LogP contribution in [0.5, 0.6) is 11.5 Å². The van der Waals surface area contributed by atoms with Gasteiger partial charge in [-0.15, -0.1) is 0 Å². The maximum Gasteiger partial charge on any atom is 0.416 e. The van der Waals surface area contributed by atoms with E-state index in [1.54, 1.807) is 6.07 Å². The summed E-state index contributed by atoms with van der Waals surface area (Å²) in [5.41, 5.74) is 0.166. The highest BCUT2D eigenvalue weighted by Crippen LogP contribution is 2.32. The molecule has 1 N–H and O–H groups in total. The summed E-state index contributed by atoms with van der Waals surface area (Å²) in [6, 6.07) is 12.0. The Hall–Kier alpha value is -2.27. The van der Waals surface area contributed by atoms with Crippen LogP contribution in [0.1, 0.15) is 11.1 Å². The summed E-state index contributed by atoms with van der Waals surface area (Å²) >= 11 is 0. The van der Waals surface area contributed by atoms with Crippen molar-refractivity contribution in [3.63, 3.8) is 0 Å². The molecule has 2 aromatic carbocycles.